The Morgan fingerprint density at radius 2 is 1.81 bits per heavy atom. The Labute approximate surface area is 189 Å². The largest absolute Gasteiger partial charge is 0.444 e. The molecule has 0 spiro atoms. The number of hydrogen-bond donors (Lipinski definition) is 2. The molecule has 4 aliphatic rings. The van der Waals surface area contributed by atoms with Gasteiger partial charge in [0, 0.05) is 31.6 Å². The van der Waals surface area contributed by atoms with Crippen LogP contribution in [0.1, 0.15) is 52.9 Å². The maximum atomic E-state index is 12.7. The first kappa shape index (κ1) is 23.3. The van der Waals surface area contributed by atoms with Crippen molar-refractivity contribution in [3.8, 4) is 0 Å². The first-order valence-electron chi connectivity index (χ1n) is 11.8. The Kier molecular flexibility index (Phi) is 6.92. The van der Waals surface area contributed by atoms with Crippen molar-refractivity contribution in [2.75, 3.05) is 32.8 Å². The van der Waals surface area contributed by atoms with Crippen LogP contribution in [0.5, 0.6) is 0 Å². The van der Waals surface area contributed by atoms with Crippen LogP contribution in [0.3, 0.4) is 0 Å². The molecule has 0 aromatic heterocycles. The number of fused-ring (bicyclic) bond motifs is 1. The zero-order valence-corrected chi connectivity index (χ0v) is 19.4. The molecule has 1 aliphatic carbocycles. The van der Waals surface area contributed by atoms with E-state index in [-0.39, 0.29) is 23.9 Å². The van der Waals surface area contributed by atoms with E-state index in [2.05, 4.69) is 15.6 Å². The van der Waals surface area contributed by atoms with Crippen LogP contribution in [0.2, 0.25) is 0 Å². The van der Waals surface area contributed by atoms with Crippen LogP contribution >= 0.6 is 0 Å². The van der Waals surface area contributed by atoms with Gasteiger partial charge in [0.05, 0.1) is 25.2 Å². The quantitative estimate of drug-likeness (QED) is 0.285. The molecule has 32 heavy (non-hydrogen) atoms. The van der Waals surface area contributed by atoms with Gasteiger partial charge < -0.3 is 24.9 Å². The van der Waals surface area contributed by atoms with Crippen LogP contribution in [-0.4, -0.2) is 78.3 Å². The fourth-order valence-corrected chi connectivity index (χ4v) is 5.06. The number of nitrogens with two attached hydrogens (primary N) is 1. The number of rotatable bonds is 4. The third kappa shape index (κ3) is 5.35. The van der Waals surface area contributed by atoms with E-state index in [9.17, 15) is 9.59 Å². The molecule has 0 aromatic carbocycles. The minimum Gasteiger partial charge on any atom is -0.444 e. The lowest BCUT2D eigenvalue weighted by Gasteiger charge is -2.41. The summed E-state index contributed by atoms with van der Waals surface area (Å²) in [6.45, 7) is 9.11. The highest BCUT2D eigenvalue weighted by atomic mass is 16.7. The van der Waals surface area contributed by atoms with Crippen molar-refractivity contribution in [3.63, 3.8) is 0 Å². The average Bonchev–Trinajstić information content (AvgIpc) is 3.12. The lowest BCUT2D eigenvalue weighted by Crippen LogP contribution is -2.56. The van der Waals surface area contributed by atoms with Gasteiger partial charge in [0.25, 0.3) is 0 Å². The maximum absolute atomic E-state index is 12.7. The van der Waals surface area contributed by atoms with Crippen LogP contribution in [-0.2, 0) is 19.1 Å². The first-order valence-corrected chi connectivity index (χ1v) is 11.8. The van der Waals surface area contributed by atoms with Crippen LogP contribution in [0.15, 0.2) is 5.16 Å². The van der Waals surface area contributed by atoms with Crippen LogP contribution in [0.25, 0.3) is 0 Å². The van der Waals surface area contributed by atoms with Gasteiger partial charge in [0.2, 0.25) is 0 Å². The number of amidine groups is 1. The van der Waals surface area contributed by atoms with Crippen molar-refractivity contribution in [1.82, 2.24) is 15.3 Å². The summed E-state index contributed by atoms with van der Waals surface area (Å²) in [5.41, 5.74) is 9.11. The number of hydrazine groups is 1. The highest BCUT2D eigenvalue weighted by Crippen LogP contribution is 2.37. The first-order chi connectivity index (χ1) is 15.2. The van der Waals surface area contributed by atoms with E-state index < -0.39 is 5.60 Å². The molecule has 3 saturated heterocycles. The second-order valence-electron chi connectivity index (χ2n) is 10.5. The van der Waals surface area contributed by atoms with Gasteiger partial charge in [-0.15, -0.1) is 0 Å². The van der Waals surface area contributed by atoms with Crippen molar-refractivity contribution < 1.29 is 23.9 Å². The summed E-state index contributed by atoms with van der Waals surface area (Å²) in [5, 5.41) is 6.28. The van der Waals surface area contributed by atoms with Crippen molar-refractivity contribution in [2.45, 2.75) is 70.6 Å². The minimum atomic E-state index is -0.515. The van der Waals surface area contributed by atoms with E-state index in [4.69, 9.17) is 20.0 Å². The number of oxime groups is 1. The number of nitrogens with zero attached hydrogens (tertiary/aromatic N) is 3. The van der Waals surface area contributed by atoms with E-state index in [1.807, 2.05) is 20.8 Å². The van der Waals surface area contributed by atoms with E-state index in [1.54, 1.807) is 4.90 Å². The van der Waals surface area contributed by atoms with Gasteiger partial charge in [-0.1, -0.05) is 5.16 Å². The molecule has 180 valence electrons. The summed E-state index contributed by atoms with van der Waals surface area (Å²) in [4.78, 5) is 31.9. The monoisotopic (exact) mass is 451 g/mol. The molecule has 4 fully saturated rings. The van der Waals surface area contributed by atoms with E-state index in [0.717, 1.165) is 39.0 Å². The van der Waals surface area contributed by atoms with Gasteiger partial charge in [0.1, 0.15) is 11.4 Å². The average molecular weight is 452 g/mol. The van der Waals surface area contributed by atoms with Gasteiger partial charge in [0.15, 0.2) is 0 Å². The highest BCUT2D eigenvalue weighted by molar-refractivity contribution is 5.84. The van der Waals surface area contributed by atoms with Gasteiger partial charge in [-0.3, -0.25) is 5.43 Å². The molecule has 3 atom stereocenters. The van der Waals surface area contributed by atoms with Gasteiger partial charge in [-0.05, 0) is 58.8 Å². The van der Waals surface area contributed by atoms with Crippen molar-refractivity contribution in [2.24, 2.45) is 28.6 Å². The number of ether oxygens (including phenoxy) is 2. The molecule has 3 unspecified atom stereocenters. The second kappa shape index (κ2) is 9.52. The SMILES string of the molecule is CC(C)(C)OC(=O)N1CCC(/C(N)=N/OC(=O)C2CCC3CNN(C4COC4)C3C2)CC1. The number of carbonyl (C=O) groups is 2. The maximum Gasteiger partial charge on any atom is 0.410 e. The number of nitrogens with one attached hydrogen (secondary N) is 1. The number of likely N-dealkylation sites (tertiary alicyclic amines) is 1. The fraction of sp³-hybridized carbons (Fsp3) is 0.864. The molecule has 0 aromatic rings. The number of amides is 1. The molecule has 4 rings (SSSR count). The van der Waals surface area contributed by atoms with Crippen molar-refractivity contribution >= 4 is 17.9 Å². The molecule has 1 saturated carbocycles. The Morgan fingerprint density at radius 3 is 2.44 bits per heavy atom. The van der Waals surface area contributed by atoms with Crippen LogP contribution < -0.4 is 11.2 Å². The standard InChI is InChI=1S/C22H37N5O5/c1-22(2,3)31-21(29)26-8-6-14(7-9-26)19(23)25-32-20(28)15-4-5-16-11-24-27(18(16)10-15)17-12-30-13-17/h14-18,24H,4-13H2,1-3H3,(H2,23,25). The summed E-state index contributed by atoms with van der Waals surface area (Å²) in [5.74, 6) is 0.430. The van der Waals surface area contributed by atoms with E-state index >= 15 is 0 Å². The Morgan fingerprint density at radius 1 is 1.09 bits per heavy atom. The normalized spacial score (nSPS) is 30.5. The summed E-state index contributed by atoms with van der Waals surface area (Å²) in [6, 6.07) is 0.744. The molecule has 10 heteroatoms. The molecule has 3 aliphatic heterocycles. The number of hydrogen-bond acceptors (Lipinski definition) is 8. The minimum absolute atomic E-state index is 0.00892. The van der Waals surface area contributed by atoms with Crippen molar-refractivity contribution in [3.05, 3.63) is 0 Å². The Balaban J connectivity index is 1.23. The highest BCUT2D eigenvalue weighted by Gasteiger charge is 2.45. The topological polar surface area (TPSA) is 119 Å². The zero-order valence-electron chi connectivity index (χ0n) is 19.4. The van der Waals surface area contributed by atoms with Gasteiger partial charge in [-0.25, -0.2) is 14.6 Å². The predicted molar refractivity (Wildman–Crippen MR) is 117 cm³/mol. The van der Waals surface area contributed by atoms with Crippen molar-refractivity contribution in [1.29, 1.82) is 0 Å². The van der Waals surface area contributed by atoms with Crippen LogP contribution in [0, 0.1) is 17.8 Å². The molecule has 3 N–H and O–H groups in total. The second-order valence-corrected chi connectivity index (χ2v) is 10.5. The fourth-order valence-electron chi connectivity index (χ4n) is 5.06. The smallest absolute Gasteiger partial charge is 0.410 e. The van der Waals surface area contributed by atoms with E-state index in [1.165, 1.54) is 0 Å². The molecular formula is C22H37N5O5. The summed E-state index contributed by atoms with van der Waals surface area (Å²) in [6.07, 6.45) is 3.63. The lowest BCUT2D eigenvalue weighted by atomic mass is 9.78. The summed E-state index contributed by atoms with van der Waals surface area (Å²) < 4.78 is 10.8. The molecular weight excluding hydrogens is 414 g/mol. The molecule has 0 bridgehead atoms. The molecule has 10 nitrogen and oxygen atoms in total. The predicted octanol–water partition coefficient (Wildman–Crippen LogP) is 1.45. The van der Waals surface area contributed by atoms with Gasteiger partial charge >= 0.3 is 12.1 Å². The number of carbonyl (C=O) groups excluding carboxylic acids is 2. The summed E-state index contributed by atoms with van der Waals surface area (Å²) >= 11 is 0. The molecule has 0 radical (unpaired) electrons. The third-order valence-electron chi connectivity index (χ3n) is 7.00. The summed E-state index contributed by atoms with van der Waals surface area (Å²) in [7, 11) is 0. The van der Waals surface area contributed by atoms with Gasteiger partial charge in [-0.2, -0.15) is 0 Å². The van der Waals surface area contributed by atoms with Crippen LogP contribution in [0.4, 0.5) is 4.79 Å². The number of piperidine rings is 1. The lowest BCUT2D eigenvalue weighted by molar-refractivity contribution is -0.152. The van der Waals surface area contributed by atoms with E-state index in [0.29, 0.717) is 49.8 Å². The molecule has 1 amide bonds. The third-order valence-corrected chi connectivity index (χ3v) is 7.00. The molecule has 3 heterocycles. The zero-order chi connectivity index (χ0) is 22.9. The Bertz CT molecular complexity index is 727. The Hall–Kier alpha value is -1.91.